The molecule has 0 atom stereocenters. The molecule has 0 amide bonds. The second kappa shape index (κ2) is 4.23. The van der Waals surface area contributed by atoms with E-state index in [0.29, 0.717) is 0 Å². The first-order valence-corrected chi connectivity index (χ1v) is 3.81. The third-order valence-corrected chi connectivity index (χ3v) is 1.47. The van der Waals surface area contributed by atoms with Crippen molar-refractivity contribution in [2.75, 3.05) is 0 Å². The monoisotopic (exact) mass is 192 g/mol. The Kier molecular flexibility index (Phi) is 3.01. The van der Waals surface area contributed by atoms with E-state index in [9.17, 15) is 9.59 Å². The number of ether oxygens (including phenoxy) is 1. The highest BCUT2D eigenvalue weighted by molar-refractivity contribution is 5.88. The van der Waals surface area contributed by atoms with E-state index in [0.717, 1.165) is 6.08 Å². The molecule has 0 aromatic heterocycles. The van der Waals surface area contributed by atoms with Gasteiger partial charge >= 0.3 is 11.9 Å². The summed E-state index contributed by atoms with van der Waals surface area (Å²) in [6.07, 6.45) is 1.01. The minimum Gasteiger partial charge on any atom is -0.478 e. The highest BCUT2D eigenvalue weighted by Crippen LogP contribution is 2.13. The Morgan fingerprint density at radius 1 is 1.43 bits per heavy atom. The van der Waals surface area contributed by atoms with Gasteiger partial charge in [-0.15, -0.1) is 0 Å². The lowest BCUT2D eigenvalue weighted by Gasteiger charge is -2.01. The van der Waals surface area contributed by atoms with Gasteiger partial charge in [0.25, 0.3) is 0 Å². The van der Waals surface area contributed by atoms with E-state index >= 15 is 0 Å². The molecule has 1 rings (SSSR count). The van der Waals surface area contributed by atoms with Crippen LogP contribution in [0.25, 0.3) is 0 Å². The number of hydrogen-bond donors (Lipinski definition) is 1. The van der Waals surface area contributed by atoms with E-state index in [2.05, 4.69) is 6.58 Å². The van der Waals surface area contributed by atoms with Crippen LogP contribution in [-0.2, 0) is 4.79 Å². The molecule has 0 fully saturated rings. The normalized spacial score (nSPS) is 9.14. The summed E-state index contributed by atoms with van der Waals surface area (Å²) in [7, 11) is 0. The van der Waals surface area contributed by atoms with Crippen molar-refractivity contribution >= 4 is 11.9 Å². The van der Waals surface area contributed by atoms with Crippen molar-refractivity contribution in [3.8, 4) is 5.75 Å². The maximum absolute atomic E-state index is 10.8. The van der Waals surface area contributed by atoms with E-state index in [1.54, 1.807) is 0 Å². The first-order valence-electron chi connectivity index (χ1n) is 3.81. The summed E-state index contributed by atoms with van der Waals surface area (Å²) < 4.78 is 4.73. The summed E-state index contributed by atoms with van der Waals surface area (Å²) >= 11 is 0. The van der Waals surface area contributed by atoms with Gasteiger partial charge in [-0.2, -0.15) is 0 Å². The van der Waals surface area contributed by atoms with Gasteiger partial charge in [-0.3, -0.25) is 0 Å². The zero-order valence-corrected chi connectivity index (χ0v) is 7.27. The Bertz CT molecular complexity index is 381. The van der Waals surface area contributed by atoms with Gasteiger partial charge in [-0.25, -0.2) is 9.59 Å². The lowest BCUT2D eigenvalue weighted by Crippen LogP contribution is -2.04. The molecule has 0 saturated carbocycles. The van der Waals surface area contributed by atoms with Gasteiger partial charge in [0.15, 0.2) is 0 Å². The number of carboxylic acids is 1. The first-order chi connectivity index (χ1) is 6.63. The molecule has 0 aliphatic carbocycles. The molecular formula is C10H8O4. The molecule has 1 aromatic rings. The molecule has 0 aliphatic rings. The fraction of sp³-hybridized carbons (Fsp3) is 0. The quantitative estimate of drug-likeness (QED) is 0.447. The molecule has 0 aliphatic heterocycles. The second-order valence-electron chi connectivity index (χ2n) is 2.46. The summed E-state index contributed by atoms with van der Waals surface area (Å²) in [6, 6.07) is 5.67. The Morgan fingerprint density at radius 3 is 2.71 bits per heavy atom. The molecule has 0 saturated heterocycles. The van der Waals surface area contributed by atoms with Crippen LogP contribution in [0.2, 0.25) is 0 Å². The average molecular weight is 192 g/mol. The number of carboxylic acid groups (broad SMARTS) is 1. The molecular weight excluding hydrogens is 184 g/mol. The number of rotatable bonds is 3. The molecule has 14 heavy (non-hydrogen) atoms. The van der Waals surface area contributed by atoms with Crippen molar-refractivity contribution in [2.45, 2.75) is 0 Å². The molecule has 0 radical (unpaired) electrons. The Hall–Kier alpha value is -2.10. The van der Waals surface area contributed by atoms with Crippen molar-refractivity contribution in [1.29, 1.82) is 0 Å². The zero-order chi connectivity index (χ0) is 10.6. The van der Waals surface area contributed by atoms with Crippen LogP contribution in [0.5, 0.6) is 5.75 Å². The molecule has 72 valence electrons. The fourth-order valence-corrected chi connectivity index (χ4v) is 0.850. The molecule has 4 heteroatoms. The maximum atomic E-state index is 10.8. The van der Waals surface area contributed by atoms with Crippen molar-refractivity contribution in [3.63, 3.8) is 0 Å². The van der Waals surface area contributed by atoms with Crippen LogP contribution >= 0.6 is 0 Å². The standard InChI is InChI=1S/C10H8O4/c1-2-9(11)14-8-5-3-4-7(6-8)10(12)13/h2-6H,1H2,(H,12,13). The molecule has 1 aromatic carbocycles. The highest BCUT2D eigenvalue weighted by Gasteiger charge is 2.05. The van der Waals surface area contributed by atoms with Crippen LogP contribution < -0.4 is 4.74 Å². The zero-order valence-electron chi connectivity index (χ0n) is 7.27. The van der Waals surface area contributed by atoms with Gasteiger partial charge in [0.2, 0.25) is 0 Å². The minimum atomic E-state index is -1.07. The predicted octanol–water partition coefficient (Wildman–Crippen LogP) is 1.48. The first kappa shape index (κ1) is 9.98. The molecule has 0 spiro atoms. The lowest BCUT2D eigenvalue weighted by molar-refractivity contribution is -0.128. The molecule has 0 bridgehead atoms. The summed E-state index contributed by atoms with van der Waals surface area (Å²) in [4.78, 5) is 21.3. The van der Waals surface area contributed by atoms with Gasteiger partial charge in [-0.1, -0.05) is 12.6 Å². The minimum absolute atomic E-state index is 0.0689. The van der Waals surface area contributed by atoms with Crippen molar-refractivity contribution in [2.24, 2.45) is 0 Å². The Morgan fingerprint density at radius 2 is 2.14 bits per heavy atom. The van der Waals surface area contributed by atoms with E-state index in [-0.39, 0.29) is 11.3 Å². The molecule has 0 unspecified atom stereocenters. The Labute approximate surface area is 80.4 Å². The third kappa shape index (κ3) is 2.45. The molecule has 4 nitrogen and oxygen atoms in total. The van der Waals surface area contributed by atoms with Crippen molar-refractivity contribution in [3.05, 3.63) is 42.5 Å². The highest BCUT2D eigenvalue weighted by atomic mass is 16.5. The number of carbonyl (C=O) groups is 2. The topological polar surface area (TPSA) is 63.6 Å². The van der Waals surface area contributed by atoms with Gasteiger partial charge < -0.3 is 9.84 Å². The summed E-state index contributed by atoms with van der Waals surface area (Å²) in [5, 5.41) is 8.64. The number of esters is 1. The summed E-state index contributed by atoms with van der Waals surface area (Å²) in [5.41, 5.74) is 0.0689. The average Bonchev–Trinajstić information content (AvgIpc) is 2.18. The van der Waals surface area contributed by atoms with Gasteiger partial charge in [0.05, 0.1) is 5.56 Å². The largest absolute Gasteiger partial charge is 0.478 e. The predicted molar refractivity (Wildman–Crippen MR) is 49.2 cm³/mol. The van der Waals surface area contributed by atoms with Crippen LogP contribution in [0, 0.1) is 0 Å². The number of aromatic carboxylic acids is 1. The van der Waals surface area contributed by atoms with Crippen molar-refractivity contribution < 1.29 is 19.4 Å². The maximum Gasteiger partial charge on any atom is 0.335 e. The van der Waals surface area contributed by atoms with Crippen LogP contribution in [0.15, 0.2) is 36.9 Å². The SMILES string of the molecule is C=CC(=O)Oc1cccc(C(=O)O)c1. The van der Waals surface area contributed by atoms with E-state index in [4.69, 9.17) is 9.84 Å². The van der Waals surface area contributed by atoms with Gasteiger partial charge in [0, 0.05) is 6.08 Å². The number of benzene rings is 1. The smallest absolute Gasteiger partial charge is 0.335 e. The number of hydrogen-bond acceptors (Lipinski definition) is 3. The van der Waals surface area contributed by atoms with Crippen LogP contribution in [0.1, 0.15) is 10.4 Å². The third-order valence-electron chi connectivity index (χ3n) is 1.47. The van der Waals surface area contributed by atoms with Gasteiger partial charge in [-0.05, 0) is 18.2 Å². The second-order valence-corrected chi connectivity index (χ2v) is 2.46. The van der Waals surface area contributed by atoms with E-state index < -0.39 is 11.9 Å². The van der Waals surface area contributed by atoms with Crippen molar-refractivity contribution in [1.82, 2.24) is 0 Å². The lowest BCUT2D eigenvalue weighted by atomic mass is 10.2. The molecule has 0 heterocycles. The summed E-state index contributed by atoms with van der Waals surface area (Å²) in [5.74, 6) is -1.50. The number of carbonyl (C=O) groups excluding carboxylic acids is 1. The van der Waals surface area contributed by atoms with Crippen LogP contribution in [0.3, 0.4) is 0 Å². The van der Waals surface area contributed by atoms with E-state index in [1.165, 1.54) is 24.3 Å². The van der Waals surface area contributed by atoms with Crippen LogP contribution in [0.4, 0.5) is 0 Å². The fourth-order valence-electron chi connectivity index (χ4n) is 0.850. The summed E-state index contributed by atoms with van der Waals surface area (Å²) in [6.45, 7) is 3.22. The van der Waals surface area contributed by atoms with E-state index in [1.807, 2.05) is 0 Å². The van der Waals surface area contributed by atoms with Gasteiger partial charge in [0.1, 0.15) is 5.75 Å². The van der Waals surface area contributed by atoms with Crippen LogP contribution in [-0.4, -0.2) is 17.0 Å². The molecule has 1 N–H and O–H groups in total. The Balaban J connectivity index is 2.88.